The molecule has 32 heavy (non-hydrogen) atoms. The van der Waals surface area contributed by atoms with Crippen LogP contribution in [0.1, 0.15) is 88.4 Å². The molecule has 2 heterocycles. The fourth-order valence-corrected chi connectivity index (χ4v) is 6.11. The summed E-state index contributed by atoms with van der Waals surface area (Å²) in [6.07, 6.45) is 7.57. The van der Waals surface area contributed by atoms with Crippen molar-refractivity contribution in [1.29, 1.82) is 0 Å². The number of aryl methyl sites for hydroxylation is 2. The molecule has 0 N–H and O–H groups in total. The van der Waals surface area contributed by atoms with Crippen LogP contribution in [0.5, 0.6) is 0 Å². The van der Waals surface area contributed by atoms with E-state index in [0.29, 0.717) is 13.0 Å². The Morgan fingerprint density at radius 3 is 2.53 bits per heavy atom. The van der Waals surface area contributed by atoms with E-state index in [9.17, 15) is 4.79 Å². The number of ether oxygens (including phenoxy) is 1. The Labute approximate surface area is 197 Å². The molecule has 1 aliphatic heterocycles. The van der Waals surface area contributed by atoms with E-state index in [1.165, 1.54) is 16.0 Å². The van der Waals surface area contributed by atoms with Gasteiger partial charge in [0.2, 0.25) is 0 Å². The molecule has 1 aliphatic rings. The van der Waals surface area contributed by atoms with Gasteiger partial charge in [0.25, 0.3) is 0 Å². The summed E-state index contributed by atoms with van der Waals surface area (Å²) in [5.41, 5.74) is 4.61. The number of unbranched alkanes of at least 4 members (excludes halogenated alkanes) is 1. The summed E-state index contributed by atoms with van der Waals surface area (Å²) < 4.78 is 5.19. The average molecular weight is 451 g/mol. The second-order valence-electron chi connectivity index (χ2n) is 9.74. The molecule has 2 aromatic rings. The van der Waals surface area contributed by atoms with Crippen LogP contribution in [-0.4, -0.2) is 27.3 Å². The van der Waals surface area contributed by atoms with Crippen LogP contribution in [0.3, 0.4) is 0 Å². The lowest BCUT2D eigenvalue weighted by Crippen LogP contribution is -2.33. The van der Waals surface area contributed by atoms with Gasteiger partial charge in [-0.05, 0) is 61.8 Å². The first-order valence-corrected chi connectivity index (χ1v) is 12.2. The second-order valence-corrected chi connectivity index (χ2v) is 11.5. The van der Waals surface area contributed by atoms with Crippen LogP contribution in [0.15, 0.2) is 29.4 Å². The lowest BCUT2D eigenvalue weighted by atomic mass is 9.76. The number of hydrogen-bond acceptors (Lipinski definition) is 5. The minimum atomic E-state index is -0.137. The fourth-order valence-electron chi connectivity index (χ4n) is 4.40. The van der Waals surface area contributed by atoms with Gasteiger partial charge < -0.3 is 4.74 Å². The SMILES string of the molecule is CCOC(=O)CCCCc1ncc(C#Cc2cc3c(cc2C)SC(C)(C)CC3(C)C)cn1. The number of thioether (sulfide) groups is 1. The predicted molar refractivity (Wildman–Crippen MR) is 131 cm³/mol. The number of fused-ring (bicyclic) bond motifs is 1. The van der Waals surface area contributed by atoms with Crippen LogP contribution in [0.4, 0.5) is 0 Å². The van der Waals surface area contributed by atoms with Crippen molar-refractivity contribution >= 4 is 17.7 Å². The zero-order valence-electron chi connectivity index (χ0n) is 20.2. The quantitative estimate of drug-likeness (QED) is 0.306. The Balaban J connectivity index is 1.66. The van der Waals surface area contributed by atoms with E-state index in [2.05, 4.69) is 68.6 Å². The fraction of sp³-hybridized carbons (Fsp3) is 0.519. The molecule has 0 saturated carbocycles. The van der Waals surface area contributed by atoms with Gasteiger partial charge in [-0.1, -0.05) is 39.5 Å². The predicted octanol–water partition coefficient (Wildman–Crippen LogP) is 6.01. The molecule has 0 saturated heterocycles. The summed E-state index contributed by atoms with van der Waals surface area (Å²) in [5, 5.41) is 0. The molecule has 0 radical (unpaired) electrons. The zero-order valence-corrected chi connectivity index (χ0v) is 21.0. The average Bonchev–Trinajstić information content (AvgIpc) is 2.69. The van der Waals surface area contributed by atoms with Gasteiger partial charge >= 0.3 is 5.97 Å². The number of benzene rings is 1. The monoisotopic (exact) mass is 450 g/mol. The third-order valence-electron chi connectivity index (χ3n) is 5.69. The molecule has 3 rings (SSSR count). The van der Waals surface area contributed by atoms with Gasteiger partial charge in [-0.15, -0.1) is 11.8 Å². The minimum Gasteiger partial charge on any atom is -0.466 e. The molecule has 170 valence electrons. The Morgan fingerprint density at radius 2 is 1.84 bits per heavy atom. The van der Waals surface area contributed by atoms with E-state index in [0.717, 1.165) is 42.6 Å². The maximum absolute atomic E-state index is 11.4. The maximum atomic E-state index is 11.4. The number of esters is 1. The first kappa shape index (κ1) is 24.3. The molecule has 1 aromatic heterocycles. The molecule has 0 bridgehead atoms. The summed E-state index contributed by atoms with van der Waals surface area (Å²) in [6, 6.07) is 4.57. The van der Waals surface area contributed by atoms with Crippen molar-refractivity contribution in [2.24, 2.45) is 0 Å². The highest BCUT2D eigenvalue weighted by Crippen LogP contribution is 2.51. The van der Waals surface area contributed by atoms with Gasteiger partial charge in [-0.25, -0.2) is 9.97 Å². The highest BCUT2D eigenvalue weighted by Gasteiger charge is 2.38. The van der Waals surface area contributed by atoms with Crippen molar-refractivity contribution in [2.45, 2.75) is 88.7 Å². The van der Waals surface area contributed by atoms with Crippen LogP contribution in [0.25, 0.3) is 0 Å². The largest absolute Gasteiger partial charge is 0.466 e. The third-order valence-corrected chi connectivity index (χ3v) is 6.95. The molecule has 0 spiro atoms. The molecular weight excluding hydrogens is 416 g/mol. The van der Waals surface area contributed by atoms with E-state index in [-0.39, 0.29) is 16.1 Å². The van der Waals surface area contributed by atoms with Gasteiger partial charge in [0.15, 0.2) is 0 Å². The topological polar surface area (TPSA) is 52.1 Å². The number of hydrogen-bond donors (Lipinski definition) is 0. The standard InChI is InChI=1S/C27H34N2O2S/c1-7-31-25(30)11-9-8-10-24-28-16-20(17-29-24)12-13-21-15-22-23(14-19(21)2)32-27(5,6)18-26(22,3)4/h14-17H,7-11,18H2,1-6H3. The summed E-state index contributed by atoms with van der Waals surface area (Å²) in [5.74, 6) is 7.22. The number of nitrogens with zero attached hydrogens (tertiary/aromatic N) is 2. The Kier molecular flexibility index (Phi) is 7.67. The van der Waals surface area contributed by atoms with Crippen molar-refractivity contribution in [2.75, 3.05) is 6.61 Å². The number of carbonyl (C=O) groups is 1. The lowest BCUT2D eigenvalue weighted by Gasteiger charge is -2.42. The zero-order chi connectivity index (χ0) is 23.4. The molecule has 0 atom stereocenters. The summed E-state index contributed by atoms with van der Waals surface area (Å²) in [6.45, 7) is 13.7. The molecule has 0 unspecified atom stereocenters. The van der Waals surface area contributed by atoms with Crippen LogP contribution >= 0.6 is 11.8 Å². The Morgan fingerprint density at radius 1 is 1.12 bits per heavy atom. The van der Waals surface area contributed by atoms with E-state index >= 15 is 0 Å². The van der Waals surface area contributed by atoms with Gasteiger partial charge in [0.1, 0.15) is 5.82 Å². The summed E-state index contributed by atoms with van der Waals surface area (Å²) in [4.78, 5) is 21.7. The highest BCUT2D eigenvalue weighted by atomic mass is 32.2. The number of aromatic nitrogens is 2. The molecule has 0 amide bonds. The van der Waals surface area contributed by atoms with Crippen molar-refractivity contribution in [3.63, 3.8) is 0 Å². The van der Waals surface area contributed by atoms with Gasteiger partial charge in [0.05, 0.1) is 12.2 Å². The highest BCUT2D eigenvalue weighted by molar-refractivity contribution is 8.00. The van der Waals surface area contributed by atoms with E-state index < -0.39 is 0 Å². The molecule has 1 aromatic carbocycles. The first-order chi connectivity index (χ1) is 15.1. The Bertz CT molecular complexity index is 1030. The molecular formula is C27H34N2O2S. The molecule has 4 nitrogen and oxygen atoms in total. The van der Waals surface area contributed by atoms with Gasteiger partial charge in [-0.3, -0.25) is 4.79 Å². The molecule has 5 heteroatoms. The van der Waals surface area contributed by atoms with Crippen LogP contribution in [0.2, 0.25) is 0 Å². The minimum absolute atomic E-state index is 0.131. The van der Waals surface area contributed by atoms with Crippen LogP contribution in [0, 0.1) is 18.8 Å². The van der Waals surface area contributed by atoms with Crippen LogP contribution < -0.4 is 0 Å². The van der Waals surface area contributed by atoms with E-state index in [4.69, 9.17) is 4.74 Å². The smallest absolute Gasteiger partial charge is 0.305 e. The normalized spacial score (nSPS) is 15.9. The van der Waals surface area contributed by atoms with E-state index in [1.54, 1.807) is 12.4 Å². The van der Waals surface area contributed by atoms with Crippen LogP contribution in [-0.2, 0) is 21.4 Å². The lowest BCUT2D eigenvalue weighted by molar-refractivity contribution is -0.143. The first-order valence-electron chi connectivity index (χ1n) is 11.4. The van der Waals surface area contributed by atoms with Gasteiger partial charge in [0, 0.05) is 40.4 Å². The number of rotatable bonds is 6. The second kappa shape index (κ2) is 10.1. The van der Waals surface area contributed by atoms with Gasteiger partial charge in [-0.2, -0.15) is 0 Å². The van der Waals surface area contributed by atoms with Crippen molar-refractivity contribution in [3.8, 4) is 11.8 Å². The van der Waals surface area contributed by atoms with E-state index in [1.807, 2.05) is 18.7 Å². The van der Waals surface area contributed by atoms with Crippen molar-refractivity contribution in [3.05, 3.63) is 52.6 Å². The van der Waals surface area contributed by atoms with Crippen molar-refractivity contribution < 1.29 is 9.53 Å². The number of carbonyl (C=O) groups excluding carboxylic acids is 1. The third kappa shape index (κ3) is 6.36. The molecule has 0 fully saturated rings. The van der Waals surface area contributed by atoms with Crippen molar-refractivity contribution in [1.82, 2.24) is 9.97 Å². The summed E-state index contributed by atoms with van der Waals surface area (Å²) >= 11 is 1.97. The Hall–Kier alpha value is -2.32. The summed E-state index contributed by atoms with van der Waals surface area (Å²) in [7, 11) is 0. The maximum Gasteiger partial charge on any atom is 0.305 e. The molecule has 0 aliphatic carbocycles.